The minimum absolute atomic E-state index is 0.198. The van der Waals surface area contributed by atoms with Crippen molar-refractivity contribution in [3.05, 3.63) is 18.6 Å². The molecule has 0 aromatic carbocycles. The van der Waals surface area contributed by atoms with Crippen LogP contribution in [0, 0.1) is 0 Å². The Morgan fingerprint density at radius 2 is 2.05 bits per heavy atom. The normalized spacial score (nSPS) is 25.3. The molecule has 0 aliphatic carbocycles. The third-order valence-corrected chi connectivity index (χ3v) is 5.05. The summed E-state index contributed by atoms with van der Waals surface area (Å²) in [5, 5.41) is 1.07. The second kappa shape index (κ2) is 5.26. The molecule has 2 aromatic rings. The average molecular weight is 299 g/mol. The van der Waals surface area contributed by atoms with Crippen molar-refractivity contribution < 1.29 is 4.79 Å². The molecule has 2 saturated heterocycles. The van der Waals surface area contributed by atoms with Gasteiger partial charge in [-0.2, -0.15) is 0 Å². The van der Waals surface area contributed by atoms with Gasteiger partial charge in [-0.1, -0.05) is 0 Å². The van der Waals surface area contributed by atoms with E-state index in [1.807, 2.05) is 12.3 Å². The lowest BCUT2D eigenvalue weighted by atomic mass is 10.0. The van der Waals surface area contributed by atoms with Gasteiger partial charge in [0.15, 0.2) is 0 Å². The maximum absolute atomic E-state index is 11.9. The number of rotatable bonds is 2. The van der Waals surface area contributed by atoms with Gasteiger partial charge in [0.25, 0.3) is 0 Å². The molecule has 22 heavy (non-hydrogen) atoms. The SMILES string of the molecule is CC(=O)N1CCCC1C1CCCN1c1ncnc2[nH]ccc12. The number of aromatic nitrogens is 3. The number of carbonyl (C=O) groups is 1. The highest BCUT2D eigenvalue weighted by Crippen LogP contribution is 2.35. The van der Waals surface area contributed by atoms with Crippen LogP contribution in [0.2, 0.25) is 0 Å². The summed E-state index contributed by atoms with van der Waals surface area (Å²) in [5.41, 5.74) is 0.880. The van der Waals surface area contributed by atoms with Crippen LogP contribution in [0.4, 0.5) is 5.82 Å². The van der Waals surface area contributed by atoms with Crippen molar-refractivity contribution in [2.75, 3.05) is 18.0 Å². The van der Waals surface area contributed by atoms with E-state index in [2.05, 4.69) is 24.8 Å². The standard InChI is InChI=1S/C16H21N5O/c1-11(22)20-8-2-4-13(20)14-5-3-9-21(14)16-12-6-7-17-15(12)18-10-19-16/h6-7,10,13-14H,2-5,8-9H2,1H3,(H,17,18,19). The number of amides is 1. The molecule has 1 amide bonds. The monoisotopic (exact) mass is 299 g/mol. The Morgan fingerprint density at radius 1 is 1.23 bits per heavy atom. The molecule has 4 rings (SSSR count). The van der Waals surface area contributed by atoms with E-state index in [-0.39, 0.29) is 5.91 Å². The van der Waals surface area contributed by atoms with Gasteiger partial charge in [0, 0.05) is 26.2 Å². The number of hydrogen-bond donors (Lipinski definition) is 1. The summed E-state index contributed by atoms with van der Waals surface area (Å²) in [6.07, 6.45) is 8.03. The molecule has 2 aliphatic heterocycles. The quantitative estimate of drug-likeness (QED) is 0.920. The Morgan fingerprint density at radius 3 is 2.91 bits per heavy atom. The fraction of sp³-hybridized carbons (Fsp3) is 0.562. The smallest absolute Gasteiger partial charge is 0.219 e. The van der Waals surface area contributed by atoms with Crippen LogP contribution in [-0.2, 0) is 4.79 Å². The van der Waals surface area contributed by atoms with E-state index in [4.69, 9.17) is 0 Å². The van der Waals surface area contributed by atoms with Gasteiger partial charge in [-0.3, -0.25) is 4.79 Å². The van der Waals surface area contributed by atoms with Crippen LogP contribution < -0.4 is 4.90 Å². The van der Waals surface area contributed by atoms with Crippen molar-refractivity contribution in [1.82, 2.24) is 19.9 Å². The van der Waals surface area contributed by atoms with Gasteiger partial charge in [-0.05, 0) is 31.7 Å². The van der Waals surface area contributed by atoms with Crippen molar-refractivity contribution in [2.45, 2.75) is 44.7 Å². The van der Waals surface area contributed by atoms with E-state index in [9.17, 15) is 4.79 Å². The first-order valence-electron chi connectivity index (χ1n) is 8.07. The maximum Gasteiger partial charge on any atom is 0.219 e. The molecular weight excluding hydrogens is 278 g/mol. The molecule has 0 saturated carbocycles. The number of hydrogen-bond acceptors (Lipinski definition) is 4. The number of anilines is 1. The van der Waals surface area contributed by atoms with E-state index < -0.39 is 0 Å². The number of nitrogens with zero attached hydrogens (tertiary/aromatic N) is 4. The predicted octanol–water partition coefficient (Wildman–Crippen LogP) is 1.94. The largest absolute Gasteiger partial charge is 0.351 e. The molecule has 0 radical (unpaired) electrons. The van der Waals surface area contributed by atoms with E-state index in [0.717, 1.165) is 55.6 Å². The van der Waals surface area contributed by atoms with Crippen molar-refractivity contribution in [1.29, 1.82) is 0 Å². The Balaban J connectivity index is 1.69. The molecule has 0 bridgehead atoms. The molecule has 2 unspecified atom stereocenters. The minimum atomic E-state index is 0.198. The Kier molecular flexibility index (Phi) is 3.24. The van der Waals surface area contributed by atoms with Gasteiger partial charge in [0.05, 0.1) is 17.5 Å². The fourth-order valence-electron chi connectivity index (χ4n) is 4.13. The highest BCUT2D eigenvalue weighted by molar-refractivity contribution is 5.87. The van der Waals surface area contributed by atoms with Gasteiger partial charge >= 0.3 is 0 Å². The lowest BCUT2D eigenvalue weighted by Gasteiger charge is -2.35. The van der Waals surface area contributed by atoms with E-state index in [0.29, 0.717) is 12.1 Å². The number of likely N-dealkylation sites (tertiary alicyclic amines) is 1. The van der Waals surface area contributed by atoms with Gasteiger partial charge in [-0.15, -0.1) is 0 Å². The van der Waals surface area contributed by atoms with Gasteiger partial charge in [0.2, 0.25) is 5.91 Å². The van der Waals surface area contributed by atoms with Crippen LogP contribution in [0.3, 0.4) is 0 Å². The molecule has 6 nitrogen and oxygen atoms in total. The Hall–Kier alpha value is -2.11. The van der Waals surface area contributed by atoms with Gasteiger partial charge in [0.1, 0.15) is 17.8 Å². The molecule has 2 aromatic heterocycles. The van der Waals surface area contributed by atoms with Crippen molar-refractivity contribution >= 4 is 22.8 Å². The number of H-pyrrole nitrogens is 1. The molecule has 0 spiro atoms. The van der Waals surface area contributed by atoms with Crippen molar-refractivity contribution in [3.63, 3.8) is 0 Å². The minimum Gasteiger partial charge on any atom is -0.351 e. The van der Waals surface area contributed by atoms with Crippen LogP contribution in [0.1, 0.15) is 32.6 Å². The average Bonchev–Trinajstić information content (AvgIpc) is 3.25. The van der Waals surface area contributed by atoms with Crippen molar-refractivity contribution in [3.8, 4) is 0 Å². The van der Waals surface area contributed by atoms with Gasteiger partial charge in [-0.25, -0.2) is 9.97 Å². The maximum atomic E-state index is 11.9. The topological polar surface area (TPSA) is 65.1 Å². The zero-order valence-electron chi connectivity index (χ0n) is 12.8. The zero-order chi connectivity index (χ0) is 15.1. The molecule has 4 heterocycles. The van der Waals surface area contributed by atoms with Crippen LogP contribution in [0.25, 0.3) is 11.0 Å². The molecule has 2 atom stereocenters. The fourth-order valence-corrected chi connectivity index (χ4v) is 4.13. The van der Waals surface area contributed by atoms with Crippen molar-refractivity contribution in [2.24, 2.45) is 0 Å². The third-order valence-electron chi connectivity index (χ3n) is 5.05. The molecule has 1 N–H and O–H groups in total. The molecule has 2 aliphatic rings. The molecular formula is C16H21N5O. The summed E-state index contributed by atoms with van der Waals surface area (Å²) in [7, 11) is 0. The summed E-state index contributed by atoms with van der Waals surface area (Å²) in [6, 6.07) is 2.74. The summed E-state index contributed by atoms with van der Waals surface area (Å²) in [5.74, 6) is 1.20. The van der Waals surface area contributed by atoms with Crippen LogP contribution in [0.15, 0.2) is 18.6 Å². The highest BCUT2D eigenvalue weighted by Gasteiger charge is 2.39. The van der Waals surface area contributed by atoms with E-state index in [1.54, 1.807) is 13.3 Å². The zero-order valence-corrected chi connectivity index (χ0v) is 12.8. The molecule has 116 valence electrons. The lowest BCUT2D eigenvalue weighted by Crippen LogP contribution is -2.48. The first kappa shape index (κ1) is 13.5. The third kappa shape index (κ3) is 2.05. The highest BCUT2D eigenvalue weighted by atomic mass is 16.2. The molecule has 6 heteroatoms. The van der Waals surface area contributed by atoms with Crippen LogP contribution in [-0.4, -0.2) is 50.9 Å². The lowest BCUT2D eigenvalue weighted by molar-refractivity contribution is -0.129. The van der Waals surface area contributed by atoms with E-state index >= 15 is 0 Å². The number of aromatic amines is 1. The Labute approximate surface area is 129 Å². The van der Waals surface area contributed by atoms with Crippen LogP contribution in [0.5, 0.6) is 0 Å². The second-order valence-electron chi connectivity index (χ2n) is 6.26. The summed E-state index contributed by atoms with van der Waals surface area (Å²) in [4.78, 5) is 28.3. The van der Waals surface area contributed by atoms with E-state index in [1.165, 1.54) is 0 Å². The van der Waals surface area contributed by atoms with Crippen LogP contribution >= 0.6 is 0 Å². The summed E-state index contributed by atoms with van der Waals surface area (Å²) in [6.45, 7) is 3.59. The molecule has 2 fully saturated rings. The number of fused-ring (bicyclic) bond motifs is 1. The first-order chi connectivity index (χ1) is 10.8. The second-order valence-corrected chi connectivity index (χ2v) is 6.26. The summed E-state index contributed by atoms with van der Waals surface area (Å²) < 4.78 is 0. The Bertz CT molecular complexity index is 697. The number of nitrogens with one attached hydrogen (secondary N) is 1. The predicted molar refractivity (Wildman–Crippen MR) is 84.7 cm³/mol. The van der Waals surface area contributed by atoms with Gasteiger partial charge < -0.3 is 14.8 Å². The first-order valence-corrected chi connectivity index (χ1v) is 8.07. The number of carbonyl (C=O) groups excluding carboxylic acids is 1. The summed E-state index contributed by atoms with van der Waals surface area (Å²) >= 11 is 0.